The van der Waals surface area contributed by atoms with Gasteiger partial charge in [0, 0.05) is 23.2 Å². The first-order chi connectivity index (χ1) is 17.3. The molecule has 200 valence electrons. The fourth-order valence-electron chi connectivity index (χ4n) is 3.88. The lowest BCUT2D eigenvalue weighted by atomic mass is 9.90. The van der Waals surface area contributed by atoms with Crippen molar-refractivity contribution in [1.29, 1.82) is 0 Å². The van der Waals surface area contributed by atoms with Gasteiger partial charge in [-0.15, -0.1) is 13.2 Å². The molecule has 2 unspecified atom stereocenters. The molecule has 1 saturated carbocycles. The number of rotatable bonds is 8. The molecule has 1 aliphatic rings. The molecule has 0 heterocycles. The Morgan fingerprint density at radius 3 is 2.14 bits per heavy atom. The minimum atomic E-state index is -4.91. The largest absolute Gasteiger partial charge is 0.573 e. The van der Waals surface area contributed by atoms with Crippen LogP contribution in [0.3, 0.4) is 0 Å². The number of carbonyl (C=O) groups is 3. The van der Waals surface area contributed by atoms with Crippen LogP contribution in [0.5, 0.6) is 5.75 Å². The number of amides is 3. The highest BCUT2D eigenvalue weighted by atomic mass is 32.2. The van der Waals surface area contributed by atoms with Gasteiger partial charge in [-0.3, -0.25) is 14.4 Å². The summed E-state index contributed by atoms with van der Waals surface area (Å²) in [6.07, 6.45) is -2.13. The van der Waals surface area contributed by atoms with Crippen molar-refractivity contribution in [3.05, 3.63) is 59.7 Å². The van der Waals surface area contributed by atoms with E-state index in [0.717, 1.165) is 25.0 Å². The second-order valence-corrected chi connectivity index (χ2v) is 9.93. The van der Waals surface area contributed by atoms with E-state index in [1.54, 1.807) is 0 Å². The average Bonchev–Trinajstić information content (AvgIpc) is 2.82. The third kappa shape index (κ3) is 8.46. The van der Waals surface area contributed by atoms with E-state index in [9.17, 15) is 36.0 Å². The number of hydrogen-bond acceptors (Lipinski definition) is 6. The van der Waals surface area contributed by atoms with Crippen LogP contribution in [0.4, 0.5) is 13.2 Å². The Kier molecular flexibility index (Phi) is 8.76. The maximum Gasteiger partial charge on any atom is 0.573 e. The van der Waals surface area contributed by atoms with E-state index < -0.39 is 58.5 Å². The Labute approximate surface area is 210 Å². The van der Waals surface area contributed by atoms with E-state index in [4.69, 9.17) is 5.14 Å². The fourth-order valence-corrected chi connectivity index (χ4v) is 4.39. The minimum absolute atomic E-state index is 0.120. The van der Waals surface area contributed by atoms with Gasteiger partial charge < -0.3 is 20.7 Å². The van der Waals surface area contributed by atoms with Gasteiger partial charge >= 0.3 is 6.36 Å². The molecule has 0 saturated heterocycles. The van der Waals surface area contributed by atoms with Gasteiger partial charge in [0.1, 0.15) is 5.75 Å². The first-order valence-electron chi connectivity index (χ1n) is 11.2. The summed E-state index contributed by atoms with van der Waals surface area (Å²) < 4.78 is 63.7. The number of sulfonamides is 1. The zero-order chi connectivity index (χ0) is 27.2. The summed E-state index contributed by atoms with van der Waals surface area (Å²) in [7, 11) is -3.89. The van der Waals surface area contributed by atoms with Crippen LogP contribution < -0.4 is 25.8 Å². The highest BCUT2D eigenvalue weighted by molar-refractivity contribution is 7.89. The number of benzene rings is 2. The predicted octanol–water partition coefficient (Wildman–Crippen LogP) is 1.82. The molecule has 0 aromatic heterocycles. The van der Waals surface area contributed by atoms with Crippen molar-refractivity contribution in [2.75, 3.05) is 6.54 Å². The van der Waals surface area contributed by atoms with Gasteiger partial charge in [0.05, 0.1) is 11.4 Å². The van der Waals surface area contributed by atoms with Gasteiger partial charge in [-0.25, -0.2) is 13.6 Å². The van der Waals surface area contributed by atoms with E-state index >= 15 is 0 Å². The number of nitrogens with one attached hydrogen (secondary N) is 3. The van der Waals surface area contributed by atoms with Gasteiger partial charge in [-0.05, 0) is 55.3 Å². The Hall–Kier alpha value is -3.65. The third-order valence-corrected chi connectivity index (χ3v) is 6.54. The van der Waals surface area contributed by atoms with Crippen molar-refractivity contribution < 1.29 is 40.7 Å². The summed E-state index contributed by atoms with van der Waals surface area (Å²) in [6.45, 7) is -0.435. The predicted molar refractivity (Wildman–Crippen MR) is 125 cm³/mol. The van der Waals surface area contributed by atoms with E-state index in [1.165, 1.54) is 36.4 Å². The van der Waals surface area contributed by atoms with Crippen LogP contribution in [0.2, 0.25) is 0 Å². The molecule has 0 spiro atoms. The second kappa shape index (κ2) is 11.6. The number of halogens is 3. The fraction of sp³-hybridized carbons (Fsp3) is 0.348. The van der Waals surface area contributed by atoms with Crippen molar-refractivity contribution >= 4 is 27.7 Å². The lowest BCUT2D eigenvalue weighted by Gasteiger charge is -2.33. The van der Waals surface area contributed by atoms with Crippen molar-refractivity contribution in [3.63, 3.8) is 0 Å². The number of carbonyl (C=O) groups excluding carboxylic acids is 3. The highest BCUT2D eigenvalue weighted by Gasteiger charge is 2.31. The molecule has 5 N–H and O–H groups in total. The topological polar surface area (TPSA) is 157 Å². The van der Waals surface area contributed by atoms with Crippen LogP contribution in [-0.4, -0.2) is 51.1 Å². The summed E-state index contributed by atoms with van der Waals surface area (Å²) in [5.41, 5.74) is 0.0952. The van der Waals surface area contributed by atoms with E-state index in [0.29, 0.717) is 12.8 Å². The quantitative estimate of drug-likeness (QED) is 0.399. The molecule has 14 heteroatoms. The summed E-state index contributed by atoms with van der Waals surface area (Å²) in [4.78, 5) is 37.3. The summed E-state index contributed by atoms with van der Waals surface area (Å²) in [6, 6.07) is 8.71. The normalized spacial score (nSPS) is 17.9. The zero-order valence-electron chi connectivity index (χ0n) is 19.4. The molecular formula is C23H25F3N4O6S. The molecule has 2 aromatic carbocycles. The van der Waals surface area contributed by atoms with E-state index in [2.05, 4.69) is 20.7 Å². The molecular weight excluding hydrogens is 517 g/mol. The van der Waals surface area contributed by atoms with Crippen molar-refractivity contribution in [2.45, 2.75) is 49.0 Å². The van der Waals surface area contributed by atoms with Crippen LogP contribution in [-0.2, 0) is 14.8 Å². The minimum Gasteiger partial charge on any atom is -0.406 e. The molecule has 0 bridgehead atoms. The first-order valence-corrected chi connectivity index (χ1v) is 12.7. The molecule has 2 aromatic rings. The zero-order valence-corrected chi connectivity index (χ0v) is 20.2. The molecule has 37 heavy (non-hydrogen) atoms. The van der Waals surface area contributed by atoms with Crippen LogP contribution in [0.15, 0.2) is 53.4 Å². The lowest BCUT2D eigenvalue weighted by molar-refractivity contribution is -0.274. The SMILES string of the molecule is NS(=O)(=O)c1ccc(C(=O)NC2CCCCC2NC(=O)CNC(=O)c2cccc(OC(F)(F)F)c2)cc1. The van der Waals surface area contributed by atoms with Crippen molar-refractivity contribution in [3.8, 4) is 5.75 Å². The Balaban J connectivity index is 1.54. The average molecular weight is 543 g/mol. The first kappa shape index (κ1) is 27.9. The molecule has 0 aliphatic heterocycles. The molecule has 0 radical (unpaired) electrons. The standard InChI is InChI=1S/C23H25F3N4O6S/c24-23(25,26)36-16-5-3-4-15(12-16)21(32)28-13-20(31)29-18-6-1-2-7-19(18)30-22(33)14-8-10-17(11-9-14)37(27,34)35/h3-5,8-12,18-19H,1-2,6-7,13H2,(H,28,32)(H,29,31)(H,30,33)(H2,27,34,35). The molecule has 10 nitrogen and oxygen atoms in total. The molecule has 1 fully saturated rings. The highest BCUT2D eigenvalue weighted by Crippen LogP contribution is 2.23. The molecule has 3 rings (SSSR count). The summed E-state index contributed by atoms with van der Waals surface area (Å²) in [5, 5.41) is 13.0. The number of ether oxygens (including phenoxy) is 1. The Morgan fingerprint density at radius 1 is 0.919 bits per heavy atom. The van der Waals surface area contributed by atoms with Crippen LogP contribution in [0.25, 0.3) is 0 Å². The van der Waals surface area contributed by atoms with Gasteiger partial charge in [0.2, 0.25) is 15.9 Å². The van der Waals surface area contributed by atoms with Crippen LogP contribution >= 0.6 is 0 Å². The van der Waals surface area contributed by atoms with Gasteiger partial charge in [0.25, 0.3) is 11.8 Å². The summed E-state index contributed by atoms with van der Waals surface area (Å²) >= 11 is 0. The van der Waals surface area contributed by atoms with Gasteiger partial charge in [0.15, 0.2) is 0 Å². The summed E-state index contributed by atoms with van der Waals surface area (Å²) in [5.74, 6) is -2.33. The lowest BCUT2D eigenvalue weighted by Crippen LogP contribution is -2.54. The number of nitrogens with two attached hydrogens (primary N) is 1. The Bertz CT molecular complexity index is 1250. The third-order valence-electron chi connectivity index (χ3n) is 5.61. The van der Waals surface area contributed by atoms with E-state index in [1.807, 2.05) is 0 Å². The van der Waals surface area contributed by atoms with Gasteiger partial charge in [-0.1, -0.05) is 18.9 Å². The number of hydrogen-bond donors (Lipinski definition) is 4. The second-order valence-electron chi connectivity index (χ2n) is 8.37. The molecule has 1 aliphatic carbocycles. The maximum absolute atomic E-state index is 12.6. The monoisotopic (exact) mass is 542 g/mol. The number of primary sulfonamides is 1. The van der Waals surface area contributed by atoms with Gasteiger partial charge in [-0.2, -0.15) is 0 Å². The maximum atomic E-state index is 12.6. The molecule has 3 amide bonds. The smallest absolute Gasteiger partial charge is 0.406 e. The van der Waals surface area contributed by atoms with Crippen molar-refractivity contribution in [1.82, 2.24) is 16.0 Å². The number of alkyl halides is 3. The Morgan fingerprint density at radius 2 is 1.54 bits per heavy atom. The van der Waals surface area contributed by atoms with E-state index in [-0.39, 0.29) is 16.0 Å². The van der Waals surface area contributed by atoms with Crippen LogP contribution in [0, 0.1) is 0 Å². The molecule has 2 atom stereocenters. The van der Waals surface area contributed by atoms with Crippen LogP contribution in [0.1, 0.15) is 46.4 Å². The van der Waals surface area contributed by atoms with Crippen molar-refractivity contribution in [2.24, 2.45) is 5.14 Å².